The molecule has 0 spiro atoms. The number of para-hydroxylation sites is 1. The number of benzene rings is 1. The van der Waals surface area contributed by atoms with Gasteiger partial charge in [-0.3, -0.25) is 4.79 Å². The molecule has 0 bridgehead atoms. The van der Waals surface area contributed by atoms with Crippen LogP contribution in [-0.2, 0) is 0 Å². The van der Waals surface area contributed by atoms with E-state index in [4.69, 9.17) is 9.47 Å². The van der Waals surface area contributed by atoms with Gasteiger partial charge in [-0.2, -0.15) is 0 Å². The summed E-state index contributed by atoms with van der Waals surface area (Å²) in [5, 5.41) is 0. The van der Waals surface area contributed by atoms with Crippen LogP contribution in [0.4, 0.5) is 0 Å². The van der Waals surface area contributed by atoms with Gasteiger partial charge in [0.05, 0.1) is 17.8 Å². The van der Waals surface area contributed by atoms with Crippen molar-refractivity contribution in [3.63, 3.8) is 0 Å². The van der Waals surface area contributed by atoms with E-state index in [0.717, 1.165) is 37.7 Å². The van der Waals surface area contributed by atoms with Crippen molar-refractivity contribution < 1.29 is 14.3 Å². The fourth-order valence-electron chi connectivity index (χ4n) is 2.17. The highest BCUT2D eigenvalue weighted by Crippen LogP contribution is 2.37. The van der Waals surface area contributed by atoms with Crippen LogP contribution in [-0.4, -0.2) is 18.5 Å². The maximum Gasteiger partial charge on any atom is 0.172 e. The first-order valence-corrected chi connectivity index (χ1v) is 6.78. The lowest BCUT2D eigenvalue weighted by Gasteiger charge is -2.31. The molecule has 2 aliphatic carbocycles. The largest absolute Gasteiger partial charge is 0.487 e. The Bertz CT molecular complexity index is 433. The van der Waals surface area contributed by atoms with E-state index in [1.165, 1.54) is 12.8 Å². The van der Waals surface area contributed by atoms with Crippen LogP contribution in [0.15, 0.2) is 18.2 Å². The second-order valence-corrected chi connectivity index (χ2v) is 5.13. The van der Waals surface area contributed by atoms with Gasteiger partial charge in [-0.1, -0.05) is 6.07 Å². The molecule has 0 aromatic heterocycles. The number of carbonyl (C=O) groups excluding carboxylic acids is 1. The lowest BCUT2D eigenvalue weighted by Crippen LogP contribution is -2.27. The smallest absolute Gasteiger partial charge is 0.172 e. The molecule has 0 amide bonds. The van der Waals surface area contributed by atoms with Crippen molar-refractivity contribution in [3.8, 4) is 11.5 Å². The molecule has 0 radical (unpaired) electrons. The van der Waals surface area contributed by atoms with Crippen LogP contribution in [0, 0.1) is 0 Å². The molecule has 2 aliphatic rings. The normalized spacial score (nSPS) is 19.8. The molecular formula is C15H18O3. The van der Waals surface area contributed by atoms with Crippen LogP contribution in [0.5, 0.6) is 11.5 Å². The third kappa shape index (κ3) is 2.22. The fraction of sp³-hybridized carbons (Fsp3) is 0.533. The number of carbonyl (C=O) groups is 1. The van der Waals surface area contributed by atoms with Crippen LogP contribution >= 0.6 is 0 Å². The topological polar surface area (TPSA) is 35.5 Å². The molecule has 3 rings (SSSR count). The first-order chi connectivity index (χ1) is 8.86. The van der Waals surface area contributed by atoms with Gasteiger partial charge in [0.2, 0.25) is 0 Å². The molecule has 2 fully saturated rings. The Morgan fingerprint density at radius 1 is 1.00 bits per heavy atom. The van der Waals surface area contributed by atoms with Crippen molar-refractivity contribution in [1.29, 1.82) is 0 Å². The van der Waals surface area contributed by atoms with E-state index >= 15 is 0 Å². The summed E-state index contributed by atoms with van der Waals surface area (Å²) in [7, 11) is 0. The molecule has 1 aromatic carbocycles. The van der Waals surface area contributed by atoms with Crippen molar-refractivity contribution in [2.24, 2.45) is 0 Å². The highest BCUT2D eigenvalue weighted by molar-refractivity contribution is 5.81. The van der Waals surface area contributed by atoms with E-state index in [1.54, 1.807) is 6.07 Å². The third-order valence-electron chi connectivity index (χ3n) is 3.82. The van der Waals surface area contributed by atoms with Gasteiger partial charge in [0.25, 0.3) is 0 Å². The van der Waals surface area contributed by atoms with Crippen LogP contribution < -0.4 is 9.47 Å². The molecule has 2 saturated carbocycles. The summed E-state index contributed by atoms with van der Waals surface area (Å²) < 4.78 is 11.8. The molecule has 3 heteroatoms. The summed E-state index contributed by atoms with van der Waals surface area (Å²) in [6.07, 6.45) is 8.23. The number of rotatable bonds is 5. The van der Waals surface area contributed by atoms with E-state index in [2.05, 4.69) is 0 Å². The van der Waals surface area contributed by atoms with Gasteiger partial charge in [-0.15, -0.1) is 0 Å². The molecule has 3 nitrogen and oxygen atoms in total. The van der Waals surface area contributed by atoms with E-state index < -0.39 is 0 Å². The van der Waals surface area contributed by atoms with Gasteiger partial charge >= 0.3 is 0 Å². The SMILES string of the molecule is O=Cc1cccc(OC2CCC2)c1OC1CCC1. The predicted octanol–water partition coefficient (Wildman–Crippen LogP) is 3.36. The highest BCUT2D eigenvalue weighted by Gasteiger charge is 2.25. The second kappa shape index (κ2) is 5.01. The Hall–Kier alpha value is -1.51. The number of hydrogen-bond donors (Lipinski definition) is 0. The first kappa shape index (κ1) is 11.6. The van der Waals surface area contributed by atoms with Gasteiger partial charge in [0, 0.05) is 0 Å². The summed E-state index contributed by atoms with van der Waals surface area (Å²) in [4.78, 5) is 11.1. The quantitative estimate of drug-likeness (QED) is 0.747. The molecule has 0 aliphatic heterocycles. The van der Waals surface area contributed by atoms with Crippen LogP contribution in [0.2, 0.25) is 0 Å². The molecule has 1 aromatic rings. The molecule has 96 valence electrons. The van der Waals surface area contributed by atoms with Gasteiger partial charge in [-0.25, -0.2) is 0 Å². The van der Waals surface area contributed by atoms with Crippen molar-refractivity contribution in [2.75, 3.05) is 0 Å². The average Bonchev–Trinajstić information content (AvgIpc) is 2.29. The summed E-state index contributed by atoms with van der Waals surface area (Å²) >= 11 is 0. The van der Waals surface area contributed by atoms with E-state index in [9.17, 15) is 4.79 Å². The van der Waals surface area contributed by atoms with E-state index in [0.29, 0.717) is 17.4 Å². The van der Waals surface area contributed by atoms with Crippen molar-refractivity contribution in [2.45, 2.75) is 50.7 Å². The van der Waals surface area contributed by atoms with Crippen LogP contribution in [0.3, 0.4) is 0 Å². The molecule has 0 unspecified atom stereocenters. The highest BCUT2D eigenvalue weighted by atomic mass is 16.5. The summed E-state index contributed by atoms with van der Waals surface area (Å²) in [5.41, 5.74) is 0.596. The maximum absolute atomic E-state index is 11.1. The Morgan fingerprint density at radius 3 is 2.22 bits per heavy atom. The zero-order valence-corrected chi connectivity index (χ0v) is 10.4. The number of hydrogen-bond acceptors (Lipinski definition) is 3. The minimum atomic E-state index is 0.259. The number of ether oxygens (including phenoxy) is 2. The van der Waals surface area contributed by atoms with Crippen molar-refractivity contribution in [1.82, 2.24) is 0 Å². The molecule has 0 heterocycles. The average molecular weight is 246 g/mol. The van der Waals surface area contributed by atoms with Crippen molar-refractivity contribution >= 4 is 6.29 Å². The minimum Gasteiger partial charge on any atom is -0.487 e. The molecule has 18 heavy (non-hydrogen) atoms. The summed E-state index contributed by atoms with van der Waals surface area (Å²) in [5.74, 6) is 1.38. The lowest BCUT2D eigenvalue weighted by molar-refractivity contribution is 0.0886. The monoisotopic (exact) mass is 246 g/mol. The lowest BCUT2D eigenvalue weighted by atomic mass is 9.95. The predicted molar refractivity (Wildman–Crippen MR) is 68.4 cm³/mol. The van der Waals surface area contributed by atoms with Gasteiger partial charge in [0.15, 0.2) is 17.8 Å². The standard InChI is InChI=1S/C15H18O3/c16-10-11-4-1-9-14(17-12-5-2-6-12)15(11)18-13-7-3-8-13/h1,4,9-10,12-13H,2-3,5-8H2. The van der Waals surface area contributed by atoms with E-state index in [-0.39, 0.29) is 6.10 Å². The molecule has 0 atom stereocenters. The number of aldehydes is 1. The molecule has 0 saturated heterocycles. The minimum absolute atomic E-state index is 0.259. The summed E-state index contributed by atoms with van der Waals surface area (Å²) in [6.45, 7) is 0. The zero-order chi connectivity index (χ0) is 12.4. The van der Waals surface area contributed by atoms with E-state index in [1.807, 2.05) is 12.1 Å². The Balaban J connectivity index is 1.82. The van der Waals surface area contributed by atoms with Gasteiger partial charge in [0.1, 0.15) is 0 Å². The second-order valence-electron chi connectivity index (χ2n) is 5.13. The van der Waals surface area contributed by atoms with Gasteiger partial charge < -0.3 is 9.47 Å². The first-order valence-electron chi connectivity index (χ1n) is 6.78. The fourth-order valence-corrected chi connectivity index (χ4v) is 2.17. The van der Waals surface area contributed by atoms with Crippen molar-refractivity contribution in [3.05, 3.63) is 23.8 Å². The molecule has 0 N–H and O–H groups in total. The third-order valence-corrected chi connectivity index (χ3v) is 3.82. The Morgan fingerprint density at radius 2 is 1.67 bits per heavy atom. The van der Waals surface area contributed by atoms with Gasteiger partial charge in [-0.05, 0) is 50.7 Å². The molecular weight excluding hydrogens is 228 g/mol. The zero-order valence-electron chi connectivity index (χ0n) is 10.4. The Labute approximate surface area is 107 Å². The summed E-state index contributed by atoms with van der Waals surface area (Å²) in [6, 6.07) is 5.54. The van der Waals surface area contributed by atoms with Crippen LogP contribution in [0.1, 0.15) is 48.9 Å². The Kier molecular flexibility index (Phi) is 3.22. The maximum atomic E-state index is 11.1. The van der Waals surface area contributed by atoms with Crippen LogP contribution in [0.25, 0.3) is 0 Å².